The lowest BCUT2D eigenvalue weighted by Gasteiger charge is -2.31. The number of hydrogen-bond acceptors (Lipinski definition) is 2. The van der Waals surface area contributed by atoms with Crippen LogP contribution < -0.4 is 5.73 Å². The third-order valence-electron chi connectivity index (χ3n) is 2.61. The highest BCUT2D eigenvalue weighted by Gasteiger charge is 2.23. The van der Waals surface area contributed by atoms with Gasteiger partial charge in [0.2, 0.25) is 0 Å². The number of piperidine rings is 1. The van der Waals surface area contributed by atoms with Crippen LogP contribution in [-0.2, 0) is 4.79 Å². The Labute approximate surface area is 84.3 Å². The van der Waals surface area contributed by atoms with Crippen LogP contribution in [0, 0.1) is 5.92 Å². The second-order valence-electron chi connectivity index (χ2n) is 3.42. The Kier molecular flexibility index (Phi) is 3.66. The molecule has 0 amide bonds. The minimum Gasteiger partial charge on any atom is -0.376 e. The minimum absolute atomic E-state index is 0.246. The van der Waals surface area contributed by atoms with E-state index in [1.54, 1.807) is 0 Å². The smallest absolute Gasteiger partial charge is 0.166 e. The van der Waals surface area contributed by atoms with Gasteiger partial charge >= 0.3 is 0 Å². The minimum atomic E-state index is 0.246. The number of nitrogens with two attached hydrogens (primary N) is 1. The summed E-state index contributed by atoms with van der Waals surface area (Å²) < 4.78 is 0. The van der Waals surface area contributed by atoms with E-state index in [9.17, 15) is 4.79 Å². The van der Waals surface area contributed by atoms with Gasteiger partial charge in [-0.05, 0) is 25.1 Å². The normalized spacial score (nSPS) is 18.7. The first kappa shape index (κ1) is 10.4. The Hall–Kier alpha value is -0.640. The molecule has 0 aromatic heterocycles. The van der Waals surface area contributed by atoms with Gasteiger partial charge in [0.05, 0.1) is 0 Å². The summed E-state index contributed by atoms with van der Waals surface area (Å²) in [5.41, 5.74) is 5.49. The largest absolute Gasteiger partial charge is 0.376 e. The molecule has 2 N–H and O–H groups in total. The maximum atomic E-state index is 11.4. The first-order valence-electron chi connectivity index (χ1n) is 4.72. The maximum absolute atomic E-state index is 11.4. The monoisotopic (exact) mass is 200 g/mol. The molecule has 0 atom stereocenters. The van der Waals surface area contributed by atoms with Crippen LogP contribution in [-0.4, -0.2) is 28.9 Å². The fourth-order valence-corrected chi connectivity index (χ4v) is 1.89. The van der Waals surface area contributed by atoms with E-state index in [-0.39, 0.29) is 5.92 Å². The molecule has 13 heavy (non-hydrogen) atoms. The third kappa shape index (κ3) is 2.66. The van der Waals surface area contributed by atoms with Crippen molar-refractivity contribution in [3.05, 3.63) is 0 Å². The van der Waals surface area contributed by atoms with Gasteiger partial charge in [0, 0.05) is 25.4 Å². The van der Waals surface area contributed by atoms with Crippen molar-refractivity contribution >= 4 is 23.1 Å². The van der Waals surface area contributed by atoms with Crippen LogP contribution in [0.3, 0.4) is 0 Å². The van der Waals surface area contributed by atoms with Crippen LogP contribution in [0.4, 0.5) is 0 Å². The predicted octanol–water partition coefficient (Wildman–Crippen LogP) is 0.921. The highest BCUT2D eigenvalue weighted by molar-refractivity contribution is 7.80. The van der Waals surface area contributed by atoms with E-state index in [2.05, 4.69) is 0 Å². The van der Waals surface area contributed by atoms with E-state index in [0.717, 1.165) is 25.9 Å². The molecule has 1 aliphatic heterocycles. The van der Waals surface area contributed by atoms with Crippen molar-refractivity contribution in [3.8, 4) is 0 Å². The number of rotatable bonds is 2. The molecule has 1 heterocycles. The van der Waals surface area contributed by atoms with E-state index < -0.39 is 0 Å². The Morgan fingerprint density at radius 2 is 2.08 bits per heavy atom. The number of ketones is 1. The van der Waals surface area contributed by atoms with Gasteiger partial charge in [-0.15, -0.1) is 0 Å². The van der Waals surface area contributed by atoms with Gasteiger partial charge < -0.3 is 10.6 Å². The number of thiocarbonyl (C=S) groups is 1. The molecule has 4 heteroatoms. The summed E-state index contributed by atoms with van der Waals surface area (Å²) in [6, 6.07) is 0. The molecule has 1 saturated heterocycles. The van der Waals surface area contributed by atoms with Crippen molar-refractivity contribution in [3.63, 3.8) is 0 Å². The molecule has 1 fully saturated rings. The van der Waals surface area contributed by atoms with Crippen LogP contribution in [0.1, 0.15) is 26.2 Å². The zero-order chi connectivity index (χ0) is 9.84. The number of hydrogen-bond donors (Lipinski definition) is 1. The fourth-order valence-electron chi connectivity index (χ4n) is 1.71. The Balaban J connectivity index is 2.39. The van der Waals surface area contributed by atoms with Crippen molar-refractivity contribution in [2.45, 2.75) is 26.2 Å². The molecular weight excluding hydrogens is 184 g/mol. The highest BCUT2D eigenvalue weighted by atomic mass is 32.1. The standard InChI is InChI=1S/C9H16N2OS/c1-2-8(12)7-3-5-11(6-4-7)9(10)13/h7H,2-6H2,1H3,(H2,10,13). The van der Waals surface area contributed by atoms with Crippen LogP contribution in [0.5, 0.6) is 0 Å². The first-order valence-corrected chi connectivity index (χ1v) is 5.13. The van der Waals surface area contributed by atoms with E-state index in [4.69, 9.17) is 18.0 Å². The molecular formula is C9H16N2OS. The summed E-state index contributed by atoms with van der Waals surface area (Å²) in [5, 5.41) is 0.461. The molecule has 0 aromatic rings. The molecule has 74 valence electrons. The molecule has 1 rings (SSSR count). The fraction of sp³-hybridized carbons (Fsp3) is 0.778. The molecule has 0 bridgehead atoms. The van der Waals surface area contributed by atoms with Crippen LogP contribution in [0.2, 0.25) is 0 Å². The summed E-state index contributed by atoms with van der Waals surface area (Å²) >= 11 is 4.87. The quantitative estimate of drug-likeness (QED) is 0.673. The summed E-state index contributed by atoms with van der Waals surface area (Å²) in [6.45, 7) is 3.60. The Morgan fingerprint density at radius 1 is 1.54 bits per heavy atom. The van der Waals surface area contributed by atoms with E-state index in [1.165, 1.54) is 0 Å². The number of carbonyl (C=O) groups is 1. The average Bonchev–Trinajstić information content (AvgIpc) is 2.17. The average molecular weight is 200 g/mol. The van der Waals surface area contributed by atoms with Crippen LogP contribution >= 0.6 is 12.2 Å². The van der Waals surface area contributed by atoms with Gasteiger partial charge in [0.1, 0.15) is 5.78 Å². The van der Waals surface area contributed by atoms with Gasteiger partial charge in [0.25, 0.3) is 0 Å². The lowest BCUT2D eigenvalue weighted by atomic mass is 9.91. The molecule has 1 aliphatic rings. The molecule has 0 saturated carbocycles. The predicted molar refractivity (Wildman–Crippen MR) is 56.4 cm³/mol. The van der Waals surface area contributed by atoms with Crippen molar-refractivity contribution < 1.29 is 4.79 Å². The third-order valence-corrected chi connectivity index (χ3v) is 2.87. The maximum Gasteiger partial charge on any atom is 0.166 e. The van der Waals surface area contributed by atoms with Gasteiger partial charge in [-0.2, -0.15) is 0 Å². The van der Waals surface area contributed by atoms with Crippen LogP contribution in [0.25, 0.3) is 0 Å². The summed E-state index contributed by atoms with van der Waals surface area (Å²) in [7, 11) is 0. The second kappa shape index (κ2) is 4.56. The van der Waals surface area contributed by atoms with Crippen molar-refractivity contribution in [1.82, 2.24) is 4.90 Å². The molecule has 0 aliphatic carbocycles. The molecule has 0 radical (unpaired) electrons. The number of carbonyl (C=O) groups excluding carboxylic acids is 1. The lowest BCUT2D eigenvalue weighted by molar-refractivity contribution is -0.123. The van der Waals surface area contributed by atoms with Gasteiger partial charge in [0.15, 0.2) is 5.11 Å². The first-order chi connectivity index (χ1) is 6.15. The molecule has 0 spiro atoms. The number of likely N-dealkylation sites (tertiary alicyclic amines) is 1. The summed E-state index contributed by atoms with van der Waals surface area (Å²) in [4.78, 5) is 13.3. The lowest BCUT2D eigenvalue weighted by Crippen LogP contribution is -2.42. The molecule has 0 unspecified atom stereocenters. The van der Waals surface area contributed by atoms with Crippen molar-refractivity contribution in [1.29, 1.82) is 0 Å². The van der Waals surface area contributed by atoms with Crippen molar-refractivity contribution in [2.75, 3.05) is 13.1 Å². The number of nitrogens with zero attached hydrogens (tertiary/aromatic N) is 1. The zero-order valence-electron chi connectivity index (χ0n) is 7.95. The highest BCUT2D eigenvalue weighted by Crippen LogP contribution is 2.18. The topological polar surface area (TPSA) is 46.3 Å². The van der Waals surface area contributed by atoms with E-state index >= 15 is 0 Å². The SMILES string of the molecule is CCC(=O)C1CCN(C(N)=S)CC1. The molecule has 0 aromatic carbocycles. The second-order valence-corrected chi connectivity index (χ2v) is 3.84. The van der Waals surface area contributed by atoms with Gasteiger partial charge in [-0.25, -0.2) is 0 Å². The van der Waals surface area contributed by atoms with E-state index in [1.807, 2.05) is 11.8 Å². The summed E-state index contributed by atoms with van der Waals surface area (Å²) in [6.07, 6.45) is 2.46. The zero-order valence-corrected chi connectivity index (χ0v) is 8.77. The summed E-state index contributed by atoms with van der Waals surface area (Å²) in [5.74, 6) is 0.623. The Bertz CT molecular complexity index is 210. The number of Topliss-reactive ketones (excluding diaryl/α,β-unsaturated/α-hetero) is 1. The van der Waals surface area contributed by atoms with Gasteiger partial charge in [-0.3, -0.25) is 4.79 Å². The van der Waals surface area contributed by atoms with Crippen molar-refractivity contribution in [2.24, 2.45) is 11.7 Å². The Morgan fingerprint density at radius 3 is 2.46 bits per heavy atom. The van der Waals surface area contributed by atoms with E-state index in [0.29, 0.717) is 17.3 Å². The van der Waals surface area contributed by atoms with Crippen LogP contribution in [0.15, 0.2) is 0 Å². The van der Waals surface area contributed by atoms with Gasteiger partial charge in [-0.1, -0.05) is 6.92 Å². The molecule has 3 nitrogen and oxygen atoms in total.